The average molecular weight is 346 g/mol. The van der Waals surface area contributed by atoms with Crippen LogP contribution in [-0.2, 0) is 6.18 Å². The molecule has 7 heteroatoms. The van der Waals surface area contributed by atoms with E-state index >= 15 is 0 Å². The first-order valence-electron chi connectivity index (χ1n) is 8.17. The average Bonchev–Trinajstić information content (AvgIpc) is 2.49. The first-order valence-corrected chi connectivity index (χ1v) is 8.17. The third-order valence-corrected chi connectivity index (χ3v) is 4.40. The fourth-order valence-electron chi connectivity index (χ4n) is 3.24. The van der Waals surface area contributed by atoms with Crippen LogP contribution in [0.3, 0.4) is 0 Å². The van der Waals surface area contributed by atoms with Gasteiger partial charge in [-0.3, -0.25) is 9.80 Å². The van der Waals surface area contributed by atoms with Crippen molar-refractivity contribution in [3.05, 3.63) is 35.4 Å². The van der Waals surface area contributed by atoms with Gasteiger partial charge >= 0.3 is 6.18 Å². The zero-order chi connectivity index (χ0) is 17.9. The molecule has 1 aromatic rings. The molecule has 0 saturated carbocycles. The Balaban J connectivity index is 2.00. The van der Waals surface area contributed by atoms with Gasteiger partial charge in [0.1, 0.15) is 0 Å². The largest absolute Gasteiger partial charge is 0.416 e. The quantitative estimate of drug-likeness (QED) is 0.857. The number of aliphatic hydroxyl groups is 2. The highest BCUT2D eigenvalue weighted by Crippen LogP contribution is 2.34. The molecule has 1 aliphatic heterocycles. The Hall–Kier alpha value is -1.15. The summed E-state index contributed by atoms with van der Waals surface area (Å²) < 4.78 is 39.2. The van der Waals surface area contributed by atoms with Gasteiger partial charge in [-0.15, -0.1) is 0 Å². The molecule has 2 rings (SSSR count). The van der Waals surface area contributed by atoms with Gasteiger partial charge in [0.2, 0.25) is 0 Å². The van der Waals surface area contributed by atoms with Gasteiger partial charge in [-0.2, -0.15) is 13.2 Å². The number of benzene rings is 1. The Morgan fingerprint density at radius 2 is 1.83 bits per heavy atom. The lowest BCUT2D eigenvalue weighted by atomic mass is 10.0. The summed E-state index contributed by atoms with van der Waals surface area (Å²) in [5.41, 5.74) is -0.859. The van der Waals surface area contributed by atoms with Gasteiger partial charge in [-0.25, -0.2) is 0 Å². The third-order valence-electron chi connectivity index (χ3n) is 4.40. The molecule has 1 fully saturated rings. The number of alkyl halides is 3. The summed E-state index contributed by atoms with van der Waals surface area (Å²) in [5.74, 6) is 0. The molecule has 1 aliphatic rings. The molecule has 0 aromatic heterocycles. The highest BCUT2D eigenvalue weighted by Gasteiger charge is 2.35. The van der Waals surface area contributed by atoms with Crippen molar-refractivity contribution in [3.8, 4) is 0 Å². The van der Waals surface area contributed by atoms with Gasteiger partial charge in [0, 0.05) is 38.8 Å². The van der Waals surface area contributed by atoms with Crippen molar-refractivity contribution < 1.29 is 23.4 Å². The van der Waals surface area contributed by atoms with Crippen LogP contribution in [0.25, 0.3) is 0 Å². The zero-order valence-corrected chi connectivity index (χ0v) is 14.0. The van der Waals surface area contributed by atoms with E-state index in [0.717, 1.165) is 12.6 Å². The molecule has 1 aromatic carbocycles. The summed E-state index contributed by atoms with van der Waals surface area (Å²) >= 11 is 0. The second-order valence-electron chi connectivity index (χ2n) is 6.55. The summed E-state index contributed by atoms with van der Waals surface area (Å²) in [6, 6.07) is 5.35. The zero-order valence-electron chi connectivity index (χ0n) is 14.0. The normalized spacial score (nSPS) is 23.2. The van der Waals surface area contributed by atoms with Crippen molar-refractivity contribution in [1.82, 2.24) is 9.80 Å². The van der Waals surface area contributed by atoms with Crippen LogP contribution in [0.2, 0.25) is 0 Å². The molecular weight excluding hydrogens is 321 g/mol. The van der Waals surface area contributed by atoms with E-state index in [0.29, 0.717) is 19.6 Å². The van der Waals surface area contributed by atoms with E-state index in [1.807, 2.05) is 11.8 Å². The fourth-order valence-corrected chi connectivity index (χ4v) is 3.24. The lowest BCUT2D eigenvalue weighted by Gasteiger charge is -2.41. The number of rotatable bonds is 5. The standard InChI is InChI=1S/C17H25F3N2O2/c1-12-9-21(7-8-22(12)10-13(2)23)11-16(24)14-5-3-4-6-15(14)17(18,19)20/h3-6,12-13,16,23-24H,7-11H2,1-2H3/t12-,13-,16+/m0/s1. The molecule has 0 bridgehead atoms. The maximum absolute atomic E-state index is 13.1. The highest BCUT2D eigenvalue weighted by atomic mass is 19.4. The monoisotopic (exact) mass is 346 g/mol. The molecule has 136 valence electrons. The molecule has 0 radical (unpaired) electrons. The number of aliphatic hydroxyl groups excluding tert-OH is 2. The molecule has 3 atom stereocenters. The van der Waals surface area contributed by atoms with Crippen LogP contribution >= 0.6 is 0 Å². The predicted molar refractivity (Wildman–Crippen MR) is 85.6 cm³/mol. The molecule has 0 spiro atoms. The maximum atomic E-state index is 13.1. The second-order valence-corrected chi connectivity index (χ2v) is 6.55. The fraction of sp³-hybridized carbons (Fsp3) is 0.647. The van der Waals surface area contributed by atoms with Crippen molar-refractivity contribution in [1.29, 1.82) is 0 Å². The van der Waals surface area contributed by atoms with Crippen LogP contribution < -0.4 is 0 Å². The van der Waals surface area contributed by atoms with E-state index in [9.17, 15) is 23.4 Å². The van der Waals surface area contributed by atoms with Crippen LogP contribution in [0.15, 0.2) is 24.3 Å². The summed E-state index contributed by atoms with van der Waals surface area (Å²) in [7, 11) is 0. The SMILES string of the molecule is C[C@H](O)CN1CCN(C[C@@H](O)c2ccccc2C(F)(F)F)C[C@@H]1C. The topological polar surface area (TPSA) is 46.9 Å². The van der Waals surface area contributed by atoms with E-state index in [4.69, 9.17) is 0 Å². The van der Waals surface area contributed by atoms with E-state index in [1.165, 1.54) is 18.2 Å². The van der Waals surface area contributed by atoms with Crippen molar-refractivity contribution in [2.75, 3.05) is 32.7 Å². The number of β-amino-alcohol motifs (C(OH)–C–C–N with tert-alkyl or cyclic N) is 2. The van der Waals surface area contributed by atoms with Gasteiger partial charge in [0.25, 0.3) is 0 Å². The van der Waals surface area contributed by atoms with Crippen molar-refractivity contribution >= 4 is 0 Å². The Labute approximate surface area is 140 Å². The van der Waals surface area contributed by atoms with Gasteiger partial charge in [0.15, 0.2) is 0 Å². The molecular formula is C17H25F3N2O2. The number of hydrogen-bond acceptors (Lipinski definition) is 4. The molecule has 2 N–H and O–H groups in total. The second kappa shape index (κ2) is 7.82. The minimum atomic E-state index is -4.47. The molecule has 0 aliphatic carbocycles. The Kier molecular flexibility index (Phi) is 6.25. The van der Waals surface area contributed by atoms with Crippen LogP contribution in [0, 0.1) is 0 Å². The molecule has 0 amide bonds. The minimum absolute atomic E-state index is 0.0796. The molecule has 0 unspecified atom stereocenters. The molecule has 1 heterocycles. The third kappa shape index (κ3) is 4.92. The minimum Gasteiger partial charge on any atom is -0.392 e. The Morgan fingerprint density at radius 3 is 2.42 bits per heavy atom. The van der Waals surface area contributed by atoms with Gasteiger partial charge in [-0.05, 0) is 25.5 Å². The lowest BCUT2D eigenvalue weighted by Crippen LogP contribution is -2.54. The van der Waals surface area contributed by atoms with E-state index in [2.05, 4.69) is 4.90 Å². The lowest BCUT2D eigenvalue weighted by molar-refractivity contribution is -0.139. The summed E-state index contributed by atoms with van der Waals surface area (Å²) in [6.07, 6.45) is -6.07. The van der Waals surface area contributed by atoms with Crippen molar-refractivity contribution in [3.63, 3.8) is 0 Å². The van der Waals surface area contributed by atoms with Crippen LogP contribution in [0.4, 0.5) is 13.2 Å². The van der Waals surface area contributed by atoms with E-state index in [1.54, 1.807) is 6.92 Å². The van der Waals surface area contributed by atoms with Crippen LogP contribution in [0.1, 0.15) is 31.1 Å². The Bertz CT molecular complexity index is 537. The molecule has 1 saturated heterocycles. The van der Waals surface area contributed by atoms with Gasteiger partial charge in [-0.1, -0.05) is 18.2 Å². The number of nitrogens with zero attached hydrogens (tertiary/aromatic N) is 2. The highest BCUT2D eigenvalue weighted by molar-refractivity contribution is 5.31. The molecule has 24 heavy (non-hydrogen) atoms. The number of hydrogen-bond donors (Lipinski definition) is 2. The van der Waals surface area contributed by atoms with Gasteiger partial charge in [0.05, 0.1) is 17.8 Å². The predicted octanol–water partition coefficient (Wildman–Crippen LogP) is 2.13. The van der Waals surface area contributed by atoms with Crippen LogP contribution in [0.5, 0.6) is 0 Å². The molecule has 4 nitrogen and oxygen atoms in total. The van der Waals surface area contributed by atoms with Crippen molar-refractivity contribution in [2.24, 2.45) is 0 Å². The first kappa shape index (κ1) is 19.2. The summed E-state index contributed by atoms with van der Waals surface area (Å²) in [6.45, 7) is 6.52. The Morgan fingerprint density at radius 1 is 1.17 bits per heavy atom. The van der Waals surface area contributed by atoms with E-state index < -0.39 is 23.9 Å². The van der Waals surface area contributed by atoms with Gasteiger partial charge < -0.3 is 10.2 Å². The van der Waals surface area contributed by atoms with E-state index in [-0.39, 0.29) is 18.2 Å². The van der Waals surface area contributed by atoms with Crippen LogP contribution in [-0.4, -0.2) is 64.9 Å². The van der Waals surface area contributed by atoms with Crippen molar-refractivity contribution in [2.45, 2.75) is 38.3 Å². The summed E-state index contributed by atoms with van der Waals surface area (Å²) in [5, 5.41) is 19.8. The number of halogens is 3. The smallest absolute Gasteiger partial charge is 0.392 e. The summed E-state index contributed by atoms with van der Waals surface area (Å²) in [4.78, 5) is 4.12. The first-order chi connectivity index (χ1) is 11.2. The maximum Gasteiger partial charge on any atom is 0.416 e. The number of piperazine rings is 1.